The predicted molar refractivity (Wildman–Crippen MR) is 76.9 cm³/mol. The Morgan fingerprint density at radius 3 is 2.95 bits per heavy atom. The lowest BCUT2D eigenvalue weighted by atomic mass is 10.2. The Morgan fingerprint density at radius 1 is 1.53 bits per heavy atom. The van der Waals surface area contributed by atoms with Crippen LogP contribution < -0.4 is 11.3 Å². The Morgan fingerprint density at radius 2 is 2.32 bits per heavy atom. The first-order valence-electron chi connectivity index (χ1n) is 5.86. The van der Waals surface area contributed by atoms with Gasteiger partial charge in [0, 0.05) is 23.7 Å². The van der Waals surface area contributed by atoms with Gasteiger partial charge in [0.2, 0.25) is 0 Å². The number of hydrogen-bond donors (Lipinski definition) is 2. The quantitative estimate of drug-likeness (QED) is 0.664. The number of nitrogens with one attached hydrogen (secondary N) is 1. The first kappa shape index (κ1) is 13.5. The normalized spacial score (nSPS) is 11.9. The third-order valence-electron chi connectivity index (χ3n) is 3.01. The average molecular weight is 276 g/mol. The molecule has 1 unspecified atom stereocenters. The van der Waals surface area contributed by atoms with Gasteiger partial charge in [0.25, 0.3) is 5.91 Å². The van der Waals surface area contributed by atoms with Crippen LogP contribution >= 0.6 is 11.3 Å². The van der Waals surface area contributed by atoms with E-state index >= 15 is 0 Å². The van der Waals surface area contributed by atoms with Crippen molar-refractivity contribution in [2.45, 2.75) is 13.0 Å². The molecule has 0 aliphatic carbocycles. The topological polar surface area (TPSA) is 71.2 Å². The highest BCUT2D eigenvalue weighted by molar-refractivity contribution is 7.10. The summed E-state index contributed by atoms with van der Waals surface area (Å²) >= 11 is 1.64. The molecule has 3 N–H and O–H groups in total. The van der Waals surface area contributed by atoms with E-state index in [0.717, 1.165) is 4.88 Å². The van der Waals surface area contributed by atoms with Gasteiger partial charge in [-0.25, -0.2) is 10.8 Å². The number of pyridine rings is 1. The smallest absolute Gasteiger partial charge is 0.254 e. The first-order valence-corrected chi connectivity index (χ1v) is 6.74. The molecule has 1 amide bonds. The van der Waals surface area contributed by atoms with Crippen LogP contribution in [0, 0.1) is 0 Å². The Balaban J connectivity index is 2.18. The van der Waals surface area contributed by atoms with Crippen molar-refractivity contribution in [2.24, 2.45) is 5.84 Å². The second kappa shape index (κ2) is 5.81. The fourth-order valence-corrected chi connectivity index (χ4v) is 2.57. The first-order chi connectivity index (χ1) is 9.13. The summed E-state index contributed by atoms with van der Waals surface area (Å²) in [6, 6.07) is 7.37. The van der Waals surface area contributed by atoms with E-state index < -0.39 is 0 Å². The largest absolute Gasteiger partial charge is 0.334 e. The van der Waals surface area contributed by atoms with Crippen LogP contribution in [0.2, 0.25) is 0 Å². The SMILES string of the molecule is CC(c1cccs1)N(C)C(=O)c1ccnc(NN)c1. The van der Waals surface area contributed by atoms with E-state index in [9.17, 15) is 4.79 Å². The zero-order chi connectivity index (χ0) is 13.8. The zero-order valence-electron chi connectivity index (χ0n) is 10.8. The molecular formula is C13H16N4OS. The van der Waals surface area contributed by atoms with E-state index in [0.29, 0.717) is 11.4 Å². The molecule has 0 fully saturated rings. The summed E-state index contributed by atoms with van der Waals surface area (Å²) in [6.45, 7) is 2.01. The lowest BCUT2D eigenvalue weighted by Crippen LogP contribution is -2.29. The molecule has 2 aromatic rings. The van der Waals surface area contributed by atoms with Gasteiger partial charge in [0.15, 0.2) is 0 Å². The number of hydrazine groups is 1. The van der Waals surface area contributed by atoms with Crippen molar-refractivity contribution in [2.75, 3.05) is 12.5 Å². The summed E-state index contributed by atoms with van der Waals surface area (Å²) in [5.74, 6) is 5.72. The second-order valence-corrected chi connectivity index (χ2v) is 5.16. The highest BCUT2D eigenvalue weighted by atomic mass is 32.1. The van der Waals surface area contributed by atoms with Gasteiger partial charge in [-0.1, -0.05) is 6.07 Å². The fourth-order valence-electron chi connectivity index (χ4n) is 1.74. The fraction of sp³-hybridized carbons (Fsp3) is 0.231. The molecule has 1 atom stereocenters. The Kier molecular flexibility index (Phi) is 4.13. The number of anilines is 1. The van der Waals surface area contributed by atoms with E-state index in [1.807, 2.05) is 24.4 Å². The molecule has 0 saturated heterocycles. The molecule has 0 saturated carbocycles. The molecule has 0 aliphatic heterocycles. The van der Waals surface area contributed by atoms with Crippen LogP contribution in [0.25, 0.3) is 0 Å². The van der Waals surface area contributed by atoms with Crippen molar-refractivity contribution in [3.63, 3.8) is 0 Å². The maximum Gasteiger partial charge on any atom is 0.254 e. The molecular weight excluding hydrogens is 260 g/mol. The minimum absolute atomic E-state index is 0.0370. The third-order valence-corrected chi connectivity index (χ3v) is 4.05. The van der Waals surface area contributed by atoms with Crippen LogP contribution in [-0.2, 0) is 0 Å². The van der Waals surface area contributed by atoms with E-state index in [1.54, 1.807) is 41.6 Å². The van der Waals surface area contributed by atoms with Gasteiger partial charge in [0.05, 0.1) is 6.04 Å². The van der Waals surface area contributed by atoms with Crippen LogP contribution in [-0.4, -0.2) is 22.8 Å². The molecule has 0 aliphatic rings. The molecule has 2 rings (SSSR count). The summed E-state index contributed by atoms with van der Waals surface area (Å²) in [5, 5.41) is 2.01. The number of aromatic nitrogens is 1. The molecule has 19 heavy (non-hydrogen) atoms. The number of nitrogen functional groups attached to an aromatic ring is 1. The third kappa shape index (κ3) is 2.91. The van der Waals surface area contributed by atoms with E-state index in [2.05, 4.69) is 10.4 Å². The Bertz CT molecular complexity index is 556. The summed E-state index contributed by atoms with van der Waals surface area (Å²) in [6.07, 6.45) is 1.56. The average Bonchev–Trinajstić information content (AvgIpc) is 2.99. The summed E-state index contributed by atoms with van der Waals surface area (Å²) < 4.78 is 0. The number of carbonyl (C=O) groups excluding carboxylic acids is 1. The Labute approximate surface area is 116 Å². The monoisotopic (exact) mass is 276 g/mol. The number of rotatable bonds is 4. The summed E-state index contributed by atoms with van der Waals surface area (Å²) in [4.78, 5) is 19.2. The van der Waals surface area contributed by atoms with Crippen molar-refractivity contribution in [1.82, 2.24) is 9.88 Å². The summed E-state index contributed by atoms with van der Waals surface area (Å²) in [5.41, 5.74) is 3.00. The zero-order valence-corrected chi connectivity index (χ0v) is 11.6. The van der Waals surface area contributed by atoms with Crippen molar-refractivity contribution in [3.8, 4) is 0 Å². The number of nitrogens with two attached hydrogens (primary N) is 1. The number of nitrogens with zero attached hydrogens (tertiary/aromatic N) is 2. The highest BCUT2D eigenvalue weighted by Crippen LogP contribution is 2.24. The minimum atomic E-state index is -0.0557. The summed E-state index contributed by atoms with van der Waals surface area (Å²) in [7, 11) is 1.79. The van der Waals surface area contributed by atoms with E-state index in [-0.39, 0.29) is 11.9 Å². The van der Waals surface area contributed by atoms with Gasteiger partial charge in [-0.15, -0.1) is 11.3 Å². The number of carbonyl (C=O) groups is 1. The van der Waals surface area contributed by atoms with Crippen LogP contribution in [0.15, 0.2) is 35.8 Å². The number of amides is 1. The molecule has 0 aromatic carbocycles. The van der Waals surface area contributed by atoms with Crippen LogP contribution in [0.1, 0.15) is 28.2 Å². The highest BCUT2D eigenvalue weighted by Gasteiger charge is 2.19. The van der Waals surface area contributed by atoms with Crippen LogP contribution in [0.3, 0.4) is 0 Å². The van der Waals surface area contributed by atoms with E-state index in [4.69, 9.17) is 5.84 Å². The van der Waals surface area contributed by atoms with Crippen molar-refractivity contribution in [3.05, 3.63) is 46.3 Å². The molecule has 5 nitrogen and oxygen atoms in total. The van der Waals surface area contributed by atoms with Crippen molar-refractivity contribution < 1.29 is 4.79 Å². The number of hydrogen-bond acceptors (Lipinski definition) is 5. The lowest BCUT2D eigenvalue weighted by molar-refractivity contribution is 0.0745. The van der Waals surface area contributed by atoms with Crippen LogP contribution in [0.4, 0.5) is 5.82 Å². The van der Waals surface area contributed by atoms with Gasteiger partial charge in [-0.05, 0) is 30.5 Å². The van der Waals surface area contributed by atoms with Gasteiger partial charge in [-0.2, -0.15) is 0 Å². The van der Waals surface area contributed by atoms with E-state index in [1.165, 1.54) is 0 Å². The van der Waals surface area contributed by atoms with Gasteiger partial charge < -0.3 is 10.3 Å². The molecule has 100 valence electrons. The molecule has 0 spiro atoms. The maximum absolute atomic E-state index is 12.4. The molecule has 2 heterocycles. The minimum Gasteiger partial charge on any atom is -0.334 e. The molecule has 6 heteroatoms. The molecule has 2 aromatic heterocycles. The van der Waals surface area contributed by atoms with Gasteiger partial charge in [0.1, 0.15) is 5.82 Å². The van der Waals surface area contributed by atoms with Crippen molar-refractivity contribution in [1.29, 1.82) is 0 Å². The Hall–Kier alpha value is -1.92. The van der Waals surface area contributed by atoms with Gasteiger partial charge in [-0.3, -0.25) is 4.79 Å². The van der Waals surface area contributed by atoms with Gasteiger partial charge >= 0.3 is 0 Å². The molecule has 0 bridgehead atoms. The predicted octanol–water partition coefficient (Wildman–Crippen LogP) is 2.26. The lowest BCUT2D eigenvalue weighted by Gasteiger charge is -2.24. The molecule has 0 radical (unpaired) electrons. The second-order valence-electron chi connectivity index (χ2n) is 4.18. The van der Waals surface area contributed by atoms with Crippen LogP contribution in [0.5, 0.6) is 0 Å². The number of thiophene rings is 1. The van der Waals surface area contributed by atoms with Crippen molar-refractivity contribution >= 4 is 23.1 Å². The standard InChI is InChI=1S/C13H16N4OS/c1-9(11-4-3-7-19-11)17(2)13(18)10-5-6-15-12(8-10)16-14/h3-9H,14H2,1-2H3,(H,15,16). The maximum atomic E-state index is 12.4.